The fourth-order valence-corrected chi connectivity index (χ4v) is 1.21. The monoisotopic (exact) mass is 208 g/mol. The number of benzene rings is 1. The van der Waals surface area contributed by atoms with Crippen molar-refractivity contribution in [2.45, 2.75) is 26.4 Å². The summed E-state index contributed by atoms with van der Waals surface area (Å²) in [4.78, 5) is 10.8. The number of aldehydes is 1. The lowest BCUT2D eigenvalue weighted by molar-refractivity contribution is 0.0280. The second-order valence-electron chi connectivity index (χ2n) is 4.21. The summed E-state index contributed by atoms with van der Waals surface area (Å²) in [6.07, 6.45) is 0.757. The van der Waals surface area contributed by atoms with Crippen molar-refractivity contribution in [1.29, 1.82) is 0 Å². The molecule has 0 heterocycles. The Hall–Kier alpha value is -1.35. The zero-order valence-corrected chi connectivity index (χ0v) is 9.28. The van der Waals surface area contributed by atoms with E-state index >= 15 is 0 Å². The van der Waals surface area contributed by atoms with Crippen LogP contribution in [0.2, 0.25) is 0 Å². The van der Waals surface area contributed by atoms with Gasteiger partial charge >= 0.3 is 0 Å². The van der Waals surface area contributed by atoms with Crippen molar-refractivity contribution in [2.24, 2.45) is 0 Å². The zero-order chi connectivity index (χ0) is 11.5. The van der Waals surface area contributed by atoms with Crippen molar-refractivity contribution in [3.63, 3.8) is 0 Å². The lowest BCUT2D eigenvalue weighted by Crippen LogP contribution is -2.28. The molecule has 0 unspecified atom stereocenters. The summed E-state index contributed by atoms with van der Waals surface area (Å²) < 4.78 is 5.44. The minimum Gasteiger partial charge on any atom is -0.490 e. The second kappa shape index (κ2) is 4.45. The quantitative estimate of drug-likeness (QED) is 0.769. The Balaban J connectivity index is 2.88. The zero-order valence-electron chi connectivity index (χ0n) is 9.28. The Labute approximate surface area is 89.7 Å². The van der Waals surface area contributed by atoms with Gasteiger partial charge in [-0.25, -0.2) is 0 Å². The van der Waals surface area contributed by atoms with Gasteiger partial charge in [0.25, 0.3) is 0 Å². The summed E-state index contributed by atoms with van der Waals surface area (Å²) in [7, 11) is 0. The largest absolute Gasteiger partial charge is 0.490 e. The second-order valence-corrected chi connectivity index (χ2v) is 4.21. The molecule has 1 aromatic rings. The van der Waals surface area contributed by atoms with E-state index in [4.69, 9.17) is 4.74 Å². The van der Waals surface area contributed by atoms with Crippen molar-refractivity contribution in [2.75, 3.05) is 6.61 Å². The first-order valence-corrected chi connectivity index (χ1v) is 4.84. The molecule has 0 amide bonds. The van der Waals surface area contributed by atoms with Gasteiger partial charge in [-0.1, -0.05) is 12.1 Å². The maximum absolute atomic E-state index is 10.8. The number of ether oxygens (including phenoxy) is 1. The third kappa shape index (κ3) is 3.36. The number of aryl methyl sites for hydroxylation is 1. The van der Waals surface area contributed by atoms with E-state index in [1.807, 2.05) is 13.0 Å². The Morgan fingerprint density at radius 3 is 2.67 bits per heavy atom. The predicted octanol–water partition coefficient (Wildman–Crippen LogP) is 1.96. The van der Waals surface area contributed by atoms with E-state index < -0.39 is 5.60 Å². The molecule has 0 aromatic heterocycles. The molecule has 0 saturated carbocycles. The average Bonchev–Trinajstić information content (AvgIpc) is 2.14. The van der Waals surface area contributed by atoms with Crippen LogP contribution in [0.5, 0.6) is 5.75 Å². The smallest absolute Gasteiger partial charge is 0.153 e. The van der Waals surface area contributed by atoms with Crippen LogP contribution in [0.15, 0.2) is 18.2 Å². The minimum atomic E-state index is -0.900. The normalized spacial score (nSPS) is 11.2. The van der Waals surface area contributed by atoms with Crippen LogP contribution in [0.25, 0.3) is 0 Å². The molecule has 0 fully saturated rings. The third-order valence-corrected chi connectivity index (χ3v) is 1.94. The molecule has 15 heavy (non-hydrogen) atoms. The summed E-state index contributed by atoms with van der Waals surface area (Å²) >= 11 is 0. The van der Waals surface area contributed by atoms with Gasteiger partial charge in [0.15, 0.2) is 6.29 Å². The van der Waals surface area contributed by atoms with Gasteiger partial charge in [-0.15, -0.1) is 0 Å². The van der Waals surface area contributed by atoms with E-state index in [2.05, 4.69) is 0 Å². The van der Waals surface area contributed by atoms with Crippen molar-refractivity contribution in [1.82, 2.24) is 0 Å². The first-order valence-electron chi connectivity index (χ1n) is 4.84. The lowest BCUT2D eigenvalue weighted by Gasteiger charge is -2.19. The maximum atomic E-state index is 10.8. The van der Waals surface area contributed by atoms with Gasteiger partial charge in [0.1, 0.15) is 12.4 Å². The van der Waals surface area contributed by atoms with Gasteiger partial charge in [-0.3, -0.25) is 4.79 Å². The average molecular weight is 208 g/mol. The van der Waals surface area contributed by atoms with E-state index in [-0.39, 0.29) is 6.61 Å². The van der Waals surface area contributed by atoms with Crippen LogP contribution >= 0.6 is 0 Å². The van der Waals surface area contributed by atoms with Gasteiger partial charge in [-0.05, 0) is 32.4 Å². The lowest BCUT2D eigenvalue weighted by atomic mass is 10.1. The van der Waals surface area contributed by atoms with Crippen LogP contribution in [-0.2, 0) is 0 Å². The summed E-state index contributed by atoms with van der Waals surface area (Å²) in [6.45, 7) is 5.35. The highest BCUT2D eigenvalue weighted by Gasteiger charge is 2.15. The Bertz CT molecular complexity index is 350. The number of para-hydroxylation sites is 1. The van der Waals surface area contributed by atoms with Crippen molar-refractivity contribution in [3.8, 4) is 5.75 Å². The number of hydrogen-bond donors (Lipinski definition) is 1. The van der Waals surface area contributed by atoms with Crippen LogP contribution in [-0.4, -0.2) is 23.6 Å². The molecule has 0 aliphatic rings. The third-order valence-electron chi connectivity index (χ3n) is 1.94. The number of hydrogen-bond acceptors (Lipinski definition) is 3. The van der Waals surface area contributed by atoms with E-state index in [1.54, 1.807) is 26.0 Å². The molecule has 3 nitrogen and oxygen atoms in total. The van der Waals surface area contributed by atoms with Gasteiger partial charge in [0.2, 0.25) is 0 Å². The molecule has 3 heteroatoms. The van der Waals surface area contributed by atoms with Crippen molar-refractivity contribution >= 4 is 6.29 Å². The van der Waals surface area contributed by atoms with E-state index in [1.165, 1.54) is 0 Å². The van der Waals surface area contributed by atoms with Crippen LogP contribution in [0, 0.1) is 6.92 Å². The first-order chi connectivity index (χ1) is 6.94. The highest BCUT2D eigenvalue weighted by atomic mass is 16.5. The molecule has 0 bridgehead atoms. The van der Waals surface area contributed by atoms with Gasteiger partial charge in [0, 0.05) is 0 Å². The van der Waals surface area contributed by atoms with E-state index in [0.29, 0.717) is 11.3 Å². The maximum Gasteiger partial charge on any atom is 0.153 e. The topological polar surface area (TPSA) is 46.5 Å². The highest BCUT2D eigenvalue weighted by Crippen LogP contribution is 2.22. The molecular formula is C12H16O3. The number of aliphatic hydroxyl groups is 1. The molecule has 0 aliphatic heterocycles. The summed E-state index contributed by atoms with van der Waals surface area (Å²) in [5.41, 5.74) is 0.505. The molecule has 1 rings (SSSR count). The first kappa shape index (κ1) is 11.7. The summed E-state index contributed by atoms with van der Waals surface area (Å²) in [5.74, 6) is 0.551. The van der Waals surface area contributed by atoms with Gasteiger partial charge in [-0.2, -0.15) is 0 Å². The van der Waals surface area contributed by atoms with E-state index in [9.17, 15) is 9.90 Å². The molecule has 0 atom stereocenters. The molecular weight excluding hydrogens is 192 g/mol. The fourth-order valence-electron chi connectivity index (χ4n) is 1.21. The summed E-state index contributed by atoms with van der Waals surface area (Å²) in [6, 6.07) is 5.36. The SMILES string of the molecule is Cc1cccc(C=O)c1OCC(C)(C)O. The van der Waals surface area contributed by atoms with Gasteiger partial charge in [0.05, 0.1) is 11.2 Å². The van der Waals surface area contributed by atoms with Crippen molar-refractivity contribution < 1.29 is 14.6 Å². The molecule has 0 saturated heterocycles. The van der Waals surface area contributed by atoms with E-state index in [0.717, 1.165) is 11.8 Å². The highest BCUT2D eigenvalue weighted by molar-refractivity contribution is 5.80. The van der Waals surface area contributed by atoms with Gasteiger partial charge < -0.3 is 9.84 Å². The molecule has 0 spiro atoms. The van der Waals surface area contributed by atoms with Crippen LogP contribution in [0.1, 0.15) is 29.8 Å². The Morgan fingerprint density at radius 1 is 1.47 bits per heavy atom. The number of rotatable bonds is 4. The molecule has 0 radical (unpaired) electrons. The standard InChI is InChI=1S/C12H16O3/c1-9-5-4-6-10(7-13)11(9)15-8-12(2,3)14/h4-7,14H,8H2,1-3H3. The summed E-state index contributed by atoms with van der Waals surface area (Å²) in [5, 5.41) is 9.52. The number of carbonyl (C=O) groups is 1. The van der Waals surface area contributed by atoms with Crippen molar-refractivity contribution in [3.05, 3.63) is 29.3 Å². The minimum absolute atomic E-state index is 0.165. The number of carbonyl (C=O) groups excluding carboxylic acids is 1. The molecule has 82 valence electrons. The Kier molecular flexibility index (Phi) is 3.48. The molecule has 1 N–H and O–H groups in total. The van der Waals surface area contributed by atoms with Crippen LogP contribution in [0.4, 0.5) is 0 Å². The van der Waals surface area contributed by atoms with Crippen LogP contribution < -0.4 is 4.74 Å². The molecule has 1 aromatic carbocycles. The molecule has 0 aliphatic carbocycles. The fraction of sp³-hybridized carbons (Fsp3) is 0.417. The Morgan fingerprint density at radius 2 is 2.13 bits per heavy atom. The predicted molar refractivity (Wildman–Crippen MR) is 58.4 cm³/mol. The van der Waals surface area contributed by atoms with Crippen LogP contribution in [0.3, 0.4) is 0 Å².